The highest BCUT2D eigenvalue weighted by Gasteiger charge is 2.15. The summed E-state index contributed by atoms with van der Waals surface area (Å²) >= 11 is 0. The highest BCUT2D eigenvalue weighted by Crippen LogP contribution is 2.28. The van der Waals surface area contributed by atoms with E-state index in [-0.39, 0.29) is 11.1 Å². The number of rotatable bonds is 6. The van der Waals surface area contributed by atoms with Crippen molar-refractivity contribution in [3.8, 4) is 23.4 Å². The smallest absolute Gasteiger partial charge is 0.247 e. The second-order valence-electron chi connectivity index (χ2n) is 7.41. The third-order valence-corrected chi connectivity index (χ3v) is 5.24. The Balaban J connectivity index is 1.65. The molecule has 3 aromatic rings. The van der Waals surface area contributed by atoms with Crippen LogP contribution in [0.3, 0.4) is 0 Å². The number of nitrogens with one attached hydrogen (secondary N) is 2. The van der Waals surface area contributed by atoms with Crippen molar-refractivity contribution in [3.63, 3.8) is 0 Å². The van der Waals surface area contributed by atoms with E-state index in [0.29, 0.717) is 36.1 Å². The van der Waals surface area contributed by atoms with Crippen molar-refractivity contribution in [2.75, 3.05) is 41.8 Å². The van der Waals surface area contributed by atoms with E-state index in [4.69, 9.17) is 4.74 Å². The molecule has 1 saturated heterocycles. The van der Waals surface area contributed by atoms with Crippen LogP contribution in [0.25, 0.3) is 11.3 Å². The maximum Gasteiger partial charge on any atom is 0.247 e. The predicted octanol–water partition coefficient (Wildman–Crippen LogP) is 3.59. The molecule has 1 aromatic heterocycles. The van der Waals surface area contributed by atoms with Crippen LogP contribution in [0.2, 0.25) is 0 Å². The van der Waals surface area contributed by atoms with Gasteiger partial charge < -0.3 is 20.3 Å². The molecular weight excluding hydrogens is 430 g/mol. The Bertz CT molecular complexity index is 1320. The standard InChI is InChI=1S/C25H21N7O2/c1-2-23(33)30-22-12-17(6-7-18(22)14-26)24-19(15-27)16-28-25(31-24)29-20-4-3-5-21(13-20)32-8-10-34-11-9-32/h2-7,12-13,16H,1,8-11H2,(H,30,33)(H,28,29,31). The van der Waals surface area contributed by atoms with E-state index >= 15 is 0 Å². The number of aromatic nitrogens is 2. The third kappa shape index (κ3) is 5.01. The van der Waals surface area contributed by atoms with Gasteiger partial charge in [0.15, 0.2) is 0 Å². The van der Waals surface area contributed by atoms with E-state index in [9.17, 15) is 15.3 Å². The summed E-state index contributed by atoms with van der Waals surface area (Å²) in [4.78, 5) is 22.9. The Morgan fingerprint density at radius 1 is 1.12 bits per heavy atom. The first-order chi connectivity index (χ1) is 16.6. The molecule has 2 heterocycles. The number of hydrogen-bond donors (Lipinski definition) is 2. The van der Waals surface area contributed by atoms with Gasteiger partial charge >= 0.3 is 0 Å². The Labute approximate surface area is 196 Å². The van der Waals surface area contributed by atoms with Gasteiger partial charge in [-0.2, -0.15) is 10.5 Å². The summed E-state index contributed by atoms with van der Waals surface area (Å²) in [5.41, 5.74) is 3.66. The molecule has 0 unspecified atom stereocenters. The lowest BCUT2D eigenvalue weighted by Crippen LogP contribution is -2.36. The molecule has 0 atom stereocenters. The molecule has 0 radical (unpaired) electrons. The Hall–Kier alpha value is -4.73. The van der Waals surface area contributed by atoms with E-state index in [2.05, 4.69) is 38.1 Å². The van der Waals surface area contributed by atoms with Gasteiger partial charge in [0.1, 0.15) is 12.1 Å². The van der Waals surface area contributed by atoms with Gasteiger partial charge in [-0.3, -0.25) is 4.79 Å². The monoisotopic (exact) mass is 451 g/mol. The van der Waals surface area contributed by atoms with E-state index in [0.717, 1.165) is 30.5 Å². The summed E-state index contributed by atoms with van der Waals surface area (Å²) in [5.74, 6) is -0.131. The predicted molar refractivity (Wildman–Crippen MR) is 128 cm³/mol. The maximum absolute atomic E-state index is 11.8. The van der Waals surface area contributed by atoms with Crippen molar-refractivity contribution in [2.24, 2.45) is 0 Å². The minimum atomic E-state index is -0.445. The lowest BCUT2D eigenvalue weighted by atomic mass is 10.0. The lowest BCUT2D eigenvalue weighted by Gasteiger charge is -2.29. The summed E-state index contributed by atoms with van der Waals surface area (Å²) in [6, 6.07) is 16.9. The van der Waals surface area contributed by atoms with E-state index in [1.165, 1.54) is 6.20 Å². The molecule has 0 saturated carbocycles. The van der Waals surface area contributed by atoms with Gasteiger partial charge in [-0.25, -0.2) is 9.97 Å². The van der Waals surface area contributed by atoms with Gasteiger partial charge in [-0.05, 0) is 36.4 Å². The summed E-state index contributed by atoms with van der Waals surface area (Å²) in [7, 11) is 0. The molecule has 168 valence electrons. The van der Waals surface area contributed by atoms with Gasteiger partial charge in [-0.15, -0.1) is 0 Å². The van der Waals surface area contributed by atoms with Crippen LogP contribution < -0.4 is 15.5 Å². The average Bonchev–Trinajstić information content (AvgIpc) is 2.89. The van der Waals surface area contributed by atoms with E-state index < -0.39 is 5.91 Å². The second kappa shape index (κ2) is 10.3. The number of amides is 1. The van der Waals surface area contributed by atoms with Crippen LogP contribution in [-0.4, -0.2) is 42.2 Å². The molecule has 0 bridgehead atoms. The zero-order chi connectivity index (χ0) is 23.9. The first-order valence-electron chi connectivity index (χ1n) is 10.6. The molecule has 2 aromatic carbocycles. The molecular formula is C25H21N7O2. The lowest BCUT2D eigenvalue weighted by molar-refractivity contribution is -0.111. The minimum absolute atomic E-state index is 0.262. The number of carbonyl (C=O) groups excluding carboxylic acids is 1. The van der Waals surface area contributed by atoms with Crippen LogP contribution >= 0.6 is 0 Å². The van der Waals surface area contributed by atoms with Crippen molar-refractivity contribution < 1.29 is 9.53 Å². The molecule has 9 heteroatoms. The first kappa shape index (κ1) is 22.5. The molecule has 9 nitrogen and oxygen atoms in total. The van der Waals surface area contributed by atoms with Crippen molar-refractivity contribution in [2.45, 2.75) is 0 Å². The van der Waals surface area contributed by atoms with Crippen molar-refractivity contribution >= 4 is 28.9 Å². The summed E-state index contributed by atoms with van der Waals surface area (Å²) in [6.45, 7) is 6.47. The minimum Gasteiger partial charge on any atom is -0.378 e. The topological polar surface area (TPSA) is 127 Å². The molecule has 2 N–H and O–H groups in total. The zero-order valence-corrected chi connectivity index (χ0v) is 18.3. The molecule has 1 fully saturated rings. The Morgan fingerprint density at radius 3 is 2.65 bits per heavy atom. The zero-order valence-electron chi connectivity index (χ0n) is 18.3. The SMILES string of the molecule is C=CC(=O)Nc1cc(-c2nc(Nc3cccc(N4CCOCC4)c3)ncc2C#N)ccc1C#N. The van der Waals surface area contributed by atoms with E-state index in [1.54, 1.807) is 18.2 Å². The molecule has 34 heavy (non-hydrogen) atoms. The second-order valence-corrected chi connectivity index (χ2v) is 7.41. The van der Waals surface area contributed by atoms with Gasteiger partial charge in [0.05, 0.1) is 41.9 Å². The van der Waals surface area contributed by atoms with E-state index in [1.807, 2.05) is 30.3 Å². The van der Waals surface area contributed by atoms with Crippen LogP contribution in [-0.2, 0) is 9.53 Å². The average molecular weight is 451 g/mol. The molecule has 1 aliphatic heterocycles. The first-order valence-corrected chi connectivity index (χ1v) is 10.6. The number of morpholine rings is 1. The fraction of sp³-hybridized carbons (Fsp3) is 0.160. The van der Waals surface area contributed by atoms with Crippen LogP contribution in [0.4, 0.5) is 23.0 Å². The van der Waals surface area contributed by atoms with Gasteiger partial charge in [0.25, 0.3) is 0 Å². The quantitative estimate of drug-likeness (QED) is 0.545. The fourth-order valence-corrected chi connectivity index (χ4v) is 3.55. The van der Waals surface area contributed by atoms with Crippen molar-refractivity contribution in [1.82, 2.24) is 9.97 Å². The maximum atomic E-state index is 11.8. The van der Waals surface area contributed by atoms with Crippen LogP contribution in [0.15, 0.2) is 61.3 Å². The highest BCUT2D eigenvalue weighted by atomic mass is 16.5. The van der Waals surface area contributed by atoms with Crippen molar-refractivity contribution in [1.29, 1.82) is 10.5 Å². The molecule has 1 aliphatic rings. The van der Waals surface area contributed by atoms with Gasteiger partial charge in [0.2, 0.25) is 11.9 Å². The number of hydrogen-bond acceptors (Lipinski definition) is 8. The fourth-order valence-electron chi connectivity index (χ4n) is 3.55. The number of nitrogens with zero attached hydrogens (tertiary/aromatic N) is 5. The molecule has 0 spiro atoms. The number of anilines is 4. The van der Waals surface area contributed by atoms with Crippen LogP contribution in [0, 0.1) is 22.7 Å². The Kier molecular flexibility index (Phi) is 6.78. The van der Waals surface area contributed by atoms with Crippen LogP contribution in [0.1, 0.15) is 11.1 Å². The molecule has 0 aliphatic carbocycles. The van der Waals surface area contributed by atoms with Crippen LogP contribution in [0.5, 0.6) is 0 Å². The van der Waals surface area contributed by atoms with Crippen molar-refractivity contribution in [3.05, 3.63) is 72.4 Å². The number of ether oxygens (including phenoxy) is 1. The normalized spacial score (nSPS) is 12.8. The number of nitriles is 2. The Morgan fingerprint density at radius 2 is 1.91 bits per heavy atom. The van der Waals surface area contributed by atoms with Gasteiger partial charge in [0, 0.05) is 30.0 Å². The molecule has 1 amide bonds. The highest BCUT2D eigenvalue weighted by molar-refractivity contribution is 6.00. The third-order valence-electron chi connectivity index (χ3n) is 5.24. The number of carbonyl (C=O) groups is 1. The summed E-state index contributed by atoms with van der Waals surface area (Å²) in [5, 5.41) is 24.8. The largest absolute Gasteiger partial charge is 0.378 e. The molecule has 4 rings (SSSR count). The van der Waals surface area contributed by atoms with Gasteiger partial charge in [-0.1, -0.05) is 18.7 Å². The summed E-state index contributed by atoms with van der Waals surface area (Å²) < 4.78 is 5.43. The summed E-state index contributed by atoms with van der Waals surface area (Å²) in [6.07, 6.45) is 2.56. The number of benzene rings is 2.